The summed E-state index contributed by atoms with van der Waals surface area (Å²) in [6.07, 6.45) is 0. The van der Waals surface area contributed by atoms with Crippen molar-refractivity contribution in [3.8, 4) is 11.5 Å². The monoisotopic (exact) mass is 333 g/mol. The Morgan fingerprint density at radius 3 is 1.84 bits per heavy atom. The SMILES string of the molecule is CN(C)c1cccc2c1C(=O)c1c(c(O)c3ccccc3c1O)C2=O. The summed E-state index contributed by atoms with van der Waals surface area (Å²) in [6.45, 7) is 0. The topological polar surface area (TPSA) is 77.8 Å². The Labute approximate surface area is 143 Å². The number of phenolic OH excluding ortho intramolecular Hbond substituents is 2. The van der Waals surface area contributed by atoms with Gasteiger partial charge in [-0.05, 0) is 6.07 Å². The second kappa shape index (κ2) is 5.08. The third-order valence-corrected chi connectivity index (χ3v) is 4.61. The number of nitrogens with zero attached hydrogens (tertiary/aromatic N) is 1. The molecule has 124 valence electrons. The van der Waals surface area contributed by atoms with Crippen LogP contribution in [0.3, 0.4) is 0 Å². The number of fused-ring (bicyclic) bond motifs is 3. The van der Waals surface area contributed by atoms with Crippen molar-refractivity contribution in [2.24, 2.45) is 0 Å². The van der Waals surface area contributed by atoms with E-state index in [1.165, 1.54) is 0 Å². The van der Waals surface area contributed by atoms with Gasteiger partial charge in [0.25, 0.3) is 0 Å². The molecule has 25 heavy (non-hydrogen) atoms. The summed E-state index contributed by atoms with van der Waals surface area (Å²) in [6, 6.07) is 11.6. The minimum atomic E-state index is -0.466. The number of ketones is 2. The molecule has 0 amide bonds. The number of carbonyl (C=O) groups is 2. The van der Waals surface area contributed by atoms with Gasteiger partial charge in [-0.2, -0.15) is 0 Å². The van der Waals surface area contributed by atoms with Crippen molar-refractivity contribution in [2.75, 3.05) is 19.0 Å². The first kappa shape index (κ1) is 15.2. The summed E-state index contributed by atoms with van der Waals surface area (Å²) in [5.41, 5.74) is 0.796. The van der Waals surface area contributed by atoms with E-state index in [0.717, 1.165) is 0 Å². The van der Waals surface area contributed by atoms with Gasteiger partial charge in [0.2, 0.25) is 0 Å². The lowest BCUT2D eigenvalue weighted by atomic mass is 9.80. The van der Waals surface area contributed by atoms with Gasteiger partial charge in [0.1, 0.15) is 11.5 Å². The van der Waals surface area contributed by atoms with Crippen LogP contribution in [-0.4, -0.2) is 35.9 Å². The highest BCUT2D eigenvalue weighted by atomic mass is 16.3. The van der Waals surface area contributed by atoms with E-state index in [1.807, 2.05) is 0 Å². The number of hydrogen-bond donors (Lipinski definition) is 2. The molecule has 0 aliphatic heterocycles. The van der Waals surface area contributed by atoms with Crippen LogP contribution in [0.4, 0.5) is 5.69 Å². The van der Waals surface area contributed by atoms with Crippen molar-refractivity contribution in [3.05, 3.63) is 64.7 Å². The molecule has 1 aliphatic carbocycles. The molecule has 1 aliphatic rings. The molecular weight excluding hydrogens is 318 g/mol. The zero-order valence-corrected chi connectivity index (χ0v) is 13.7. The van der Waals surface area contributed by atoms with Crippen LogP contribution < -0.4 is 4.90 Å². The van der Waals surface area contributed by atoms with Gasteiger partial charge in [-0.25, -0.2) is 0 Å². The van der Waals surface area contributed by atoms with Crippen LogP contribution in [0.15, 0.2) is 42.5 Å². The fourth-order valence-corrected chi connectivity index (χ4v) is 3.44. The zero-order valence-electron chi connectivity index (χ0n) is 13.7. The molecule has 3 aromatic carbocycles. The Morgan fingerprint density at radius 2 is 1.28 bits per heavy atom. The maximum Gasteiger partial charge on any atom is 0.200 e. The Morgan fingerprint density at radius 1 is 0.720 bits per heavy atom. The molecule has 0 saturated heterocycles. The highest BCUT2D eigenvalue weighted by Gasteiger charge is 2.37. The first-order valence-electron chi connectivity index (χ1n) is 7.79. The van der Waals surface area contributed by atoms with Crippen LogP contribution in [0.2, 0.25) is 0 Å². The van der Waals surface area contributed by atoms with Gasteiger partial charge in [-0.15, -0.1) is 0 Å². The molecule has 0 heterocycles. The average molecular weight is 333 g/mol. The molecule has 0 atom stereocenters. The third kappa shape index (κ3) is 1.89. The van der Waals surface area contributed by atoms with Crippen molar-refractivity contribution in [1.82, 2.24) is 0 Å². The van der Waals surface area contributed by atoms with E-state index < -0.39 is 11.6 Å². The van der Waals surface area contributed by atoms with Crippen molar-refractivity contribution >= 4 is 28.0 Å². The minimum Gasteiger partial charge on any atom is -0.506 e. The minimum absolute atomic E-state index is 0.135. The van der Waals surface area contributed by atoms with E-state index in [2.05, 4.69) is 0 Å². The van der Waals surface area contributed by atoms with E-state index in [1.54, 1.807) is 61.5 Å². The van der Waals surface area contributed by atoms with Crippen LogP contribution in [0, 0.1) is 0 Å². The van der Waals surface area contributed by atoms with E-state index in [-0.39, 0.29) is 33.8 Å². The summed E-state index contributed by atoms with van der Waals surface area (Å²) in [4.78, 5) is 27.9. The molecule has 0 aromatic heterocycles. The number of benzene rings is 3. The average Bonchev–Trinajstić information content (AvgIpc) is 2.62. The van der Waals surface area contributed by atoms with Crippen LogP contribution in [0.5, 0.6) is 11.5 Å². The fourth-order valence-electron chi connectivity index (χ4n) is 3.44. The lowest BCUT2D eigenvalue weighted by Gasteiger charge is -2.25. The maximum absolute atomic E-state index is 13.1. The normalized spacial score (nSPS) is 12.9. The Kier molecular flexibility index (Phi) is 3.09. The van der Waals surface area contributed by atoms with Gasteiger partial charge in [0.05, 0.1) is 16.7 Å². The van der Waals surface area contributed by atoms with Crippen LogP contribution in [0.1, 0.15) is 31.8 Å². The molecule has 0 radical (unpaired) electrons. The Bertz CT molecular complexity index is 1080. The van der Waals surface area contributed by atoms with Crippen LogP contribution >= 0.6 is 0 Å². The smallest absolute Gasteiger partial charge is 0.200 e. The number of carbonyl (C=O) groups excluding carboxylic acids is 2. The molecule has 0 fully saturated rings. The predicted octanol–water partition coefficient (Wildman–Crippen LogP) is 3.09. The highest BCUT2D eigenvalue weighted by molar-refractivity contribution is 6.33. The van der Waals surface area contributed by atoms with Gasteiger partial charge in [0, 0.05) is 36.1 Å². The van der Waals surface area contributed by atoms with Crippen molar-refractivity contribution < 1.29 is 19.8 Å². The molecule has 5 heteroatoms. The molecule has 2 N–H and O–H groups in total. The summed E-state index contributed by atoms with van der Waals surface area (Å²) < 4.78 is 0. The Hall–Kier alpha value is -3.34. The molecule has 5 nitrogen and oxygen atoms in total. The van der Waals surface area contributed by atoms with E-state index in [4.69, 9.17) is 0 Å². The molecule has 0 saturated carbocycles. The predicted molar refractivity (Wildman–Crippen MR) is 94.9 cm³/mol. The number of phenols is 2. The first-order valence-corrected chi connectivity index (χ1v) is 7.79. The number of anilines is 1. The van der Waals surface area contributed by atoms with Crippen molar-refractivity contribution in [1.29, 1.82) is 0 Å². The highest BCUT2D eigenvalue weighted by Crippen LogP contribution is 2.45. The summed E-state index contributed by atoms with van der Waals surface area (Å²) in [5.74, 6) is -1.48. The molecule has 0 spiro atoms. The lowest BCUT2D eigenvalue weighted by molar-refractivity contribution is 0.0975. The van der Waals surface area contributed by atoms with E-state index in [0.29, 0.717) is 16.5 Å². The van der Waals surface area contributed by atoms with E-state index >= 15 is 0 Å². The Balaban J connectivity index is 2.15. The third-order valence-electron chi connectivity index (χ3n) is 4.61. The van der Waals surface area contributed by atoms with Gasteiger partial charge in [-0.1, -0.05) is 36.4 Å². The molecule has 0 bridgehead atoms. The second-order valence-electron chi connectivity index (χ2n) is 6.25. The maximum atomic E-state index is 13.1. The second-order valence-corrected chi connectivity index (χ2v) is 6.25. The van der Waals surface area contributed by atoms with Crippen molar-refractivity contribution in [2.45, 2.75) is 0 Å². The lowest BCUT2D eigenvalue weighted by Crippen LogP contribution is -2.25. The summed E-state index contributed by atoms with van der Waals surface area (Å²) >= 11 is 0. The van der Waals surface area contributed by atoms with Gasteiger partial charge in [0.15, 0.2) is 11.6 Å². The van der Waals surface area contributed by atoms with Gasteiger partial charge in [-0.3, -0.25) is 9.59 Å². The summed E-state index contributed by atoms with van der Waals surface area (Å²) in [7, 11) is 3.56. The van der Waals surface area contributed by atoms with Gasteiger partial charge < -0.3 is 15.1 Å². The number of aromatic hydroxyl groups is 2. The van der Waals surface area contributed by atoms with Crippen molar-refractivity contribution in [3.63, 3.8) is 0 Å². The molecule has 4 rings (SSSR count). The fraction of sp³-hybridized carbons (Fsp3) is 0.100. The number of rotatable bonds is 1. The quantitative estimate of drug-likeness (QED) is 0.523. The molecule has 0 unspecified atom stereocenters. The standard InChI is InChI=1S/C20H15NO4/c1-21(2)13-9-5-8-12-14(13)20(25)16-15(19(12)24)17(22)10-6-3-4-7-11(10)18(16)23/h3-9,22-23H,1-2H3. The largest absolute Gasteiger partial charge is 0.506 e. The molecule has 3 aromatic rings. The summed E-state index contributed by atoms with van der Waals surface area (Å²) in [5, 5.41) is 22.0. The first-order chi connectivity index (χ1) is 11.9. The molecular formula is C20H15NO4. The van der Waals surface area contributed by atoms with E-state index in [9.17, 15) is 19.8 Å². The van der Waals surface area contributed by atoms with Crippen LogP contribution in [-0.2, 0) is 0 Å². The number of hydrogen-bond acceptors (Lipinski definition) is 5. The van der Waals surface area contributed by atoms with Gasteiger partial charge >= 0.3 is 0 Å². The zero-order chi connectivity index (χ0) is 17.9. The van der Waals surface area contributed by atoms with Crippen LogP contribution in [0.25, 0.3) is 10.8 Å².